The summed E-state index contributed by atoms with van der Waals surface area (Å²) in [6, 6.07) is 0. The number of carbonyl (C=O) groups is 3. The first-order valence-corrected chi connectivity index (χ1v) is 29.5. The molecule has 0 saturated carbocycles. The van der Waals surface area contributed by atoms with Gasteiger partial charge in [-0.2, -0.15) is 0 Å². The van der Waals surface area contributed by atoms with Crippen LogP contribution in [0.2, 0.25) is 0 Å². The van der Waals surface area contributed by atoms with E-state index >= 15 is 0 Å². The number of hydrogen-bond acceptors (Lipinski definition) is 6. The number of unbranched alkanes of at least 4 members (excludes halogenated alkanes) is 14. The number of carbonyl (C=O) groups excluding carboxylic acids is 3. The molecule has 0 aromatic carbocycles. The van der Waals surface area contributed by atoms with Crippen LogP contribution in [0.4, 0.5) is 0 Å². The van der Waals surface area contributed by atoms with Crippen LogP contribution < -0.4 is 0 Å². The maximum Gasteiger partial charge on any atom is 0.306 e. The summed E-state index contributed by atoms with van der Waals surface area (Å²) in [5, 5.41) is 0. The number of esters is 3. The van der Waals surface area contributed by atoms with Crippen LogP contribution in [0.25, 0.3) is 0 Å². The van der Waals surface area contributed by atoms with Gasteiger partial charge in [-0.25, -0.2) is 0 Å². The van der Waals surface area contributed by atoms with Crippen molar-refractivity contribution in [1.82, 2.24) is 0 Å². The fourth-order valence-corrected chi connectivity index (χ4v) is 7.39. The van der Waals surface area contributed by atoms with Crippen LogP contribution in [-0.4, -0.2) is 37.2 Å². The highest BCUT2D eigenvalue weighted by Crippen LogP contribution is 2.13. The van der Waals surface area contributed by atoms with Crippen molar-refractivity contribution >= 4 is 17.9 Å². The molecule has 0 saturated heterocycles. The van der Waals surface area contributed by atoms with Crippen LogP contribution in [-0.2, 0) is 28.6 Å². The van der Waals surface area contributed by atoms with Crippen molar-refractivity contribution in [1.29, 1.82) is 0 Å². The number of rotatable bonds is 51. The van der Waals surface area contributed by atoms with Crippen LogP contribution in [0.1, 0.15) is 233 Å². The molecule has 0 rings (SSSR count). The standard InChI is InChI=1S/C68H106O6/c1-4-7-10-13-16-19-22-25-28-31-33-34-35-38-40-43-46-49-52-55-58-61-67(70)73-64-65(63-72-66(69)60-57-54-51-48-45-42-39-36-30-27-24-21-18-15-12-9-6-3)74-68(71)62-59-56-53-50-47-44-41-37-32-29-26-23-20-17-14-11-8-5-2/h7,9-10,12,16,18-21,23,25,27-30,32-34,38-40,42,46,48-49,51,65H,4-6,8,11,13-15,17,22,24,26,31,35-37,41,43-45,47,50,52-64H2,1-3H3/b10-7-,12-9-,19-16-,21-18-,23-20-,28-25-,30-27-,32-29-,34-33-,40-38-,42-39-,49-46-,51-48-. The Balaban J connectivity index is 4.59. The van der Waals surface area contributed by atoms with E-state index < -0.39 is 6.10 Å². The summed E-state index contributed by atoms with van der Waals surface area (Å²) in [5.74, 6) is -1.04. The van der Waals surface area contributed by atoms with Gasteiger partial charge in [-0.05, 0) is 141 Å². The third kappa shape index (κ3) is 57.9. The Morgan fingerprint density at radius 1 is 0.284 bits per heavy atom. The minimum Gasteiger partial charge on any atom is -0.462 e. The van der Waals surface area contributed by atoms with Crippen LogP contribution in [0.5, 0.6) is 0 Å². The summed E-state index contributed by atoms with van der Waals surface area (Å²) >= 11 is 0. The first kappa shape index (κ1) is 69.0. The van der Waals surface area contributed by atoms with Gasteiger partial charge >= 0.3 is 17.9 Å². The van der Waals surface area contributed by atoms with Crippen molar-refractivity contribution in [2.45, 2.75) is 239 Å². The number of ether oxygens (including phenoxy) is 3. The van der Waals surface area contributed by atoms with Crippen molar-refractivity contribution in [3.05, 3.63) is 158 Å². The van der Waals surface area contributed by atoms with E-state index in [1.807, 2.05) is 0 Å². The third-order valence-corrected chi connectivity index (χ3v) is 11.7. The van der Waals surface area contributed by atoms with Crippen molar-refractivity contribution < 1.29 is 28.6 Å². The number of allylic oxidation sites excluding steroid dienone is 26. The van der Waals surface area contributed by atoms with E-state index in [1.54, 1.807) is 0 Å². The molecular weight excluding hydrogens is 913 g/mol. The van der Waals surface area contributed by atoms with Crippen LogP contribution >= 0.6 is 0 Å². The fourth-order valence-electron chi connectivity index (χ4n) is 7.39. The molecule has 414 valence electrons. The van der Waals surface area contributed by atoms with E-state index in [0.717, 1.165) is 128 Å². The molecule has 1 atom stereocenters. The Labute approximate surface area is 454 Å². The minimum atomic E-state index is -0.833. The van der Waals surface area contributed by atoms with Crippen LogP contribution in [0, 0.1) is 0 Å². The van der Waals surface area contributed by atoms with Crippen molar-refractivity contribution in [3.63, 3.8) is 0 Å². The van der Waals surface area contributed by atoms with Gasteiger partial charge in [0.15, 0.2) is 6.10 Å². The maximum absolute atomic E-state index is 12.9. The van der Waals surface area contributed by atoms with Gasteiger partial charge in [-0.3, -0.25) is 14.4 Å². The van der Waals surface area contributed by atoms with Crippen LogP contribution in [0.3, 0.4) is 0 Å². The molecule has 0 spiro atoms. The van der Waals surface area contributed by atoms with E-state index in [1.165, 1.54) is 51.4 Å². The lowest BCUT2D eigenvalue weighted by atomic mass is 10.1. The van der Waals surface area contributed by atoms with Gasteiger partial charge in [0.05, 0.1) is 0 Å². The minimum absolute atomic E-state index is 0.129. The summed E-state index contributed by atoms with van der Waals surface area (Å²) in [6.07, 6.45) is 88.1. The molecule has 0 fully saturated rings. The van der Waals surface area contributed by atoms with E-state index in [-0.39, 0.29) is 50.4 Å². The zero-order chi connectivity index (χ0) is 53.6. The molecule has 0 aromatic rings. The Morgan fingerprint density at radius 3 is 0.905 bits per heavy atom. The Hall–Kier alpha value is -4.97. The third-order valence-electron chi connectivity index (χ3n) is 11.7. The Kier molecular flexibility index (Phi) is 56.5. The van der Waals surface area contributed by atoms with Gasteiger partial charge in [0.1, 0.15) is 13.2 Å². The molecule has 0 N–H and O–H groups in total. The van der Waals surface area contributed by atoms with Gasteiger partial charge < -0.3 is 14.2 Å². The van der Waals surface area contributed by atoms with Gasteiger partial charge in [-0.1, -0.05) is 230 Å². The summed E-state index contributed by atoms with van der Waals surface area (Å²) in [7, 11) is 0. The fraction of sp³-hybridized carbons (Fsp3) is 0.574. The highest BCUT2D eigenvalue weighted by molar-refractivity contribution is 5.71. The Morgan fingerprint density at radius 2 is 0.541 bits per heavy atom. The summed E-state index contributed by atoms with van der Waals surface area (Å²) < 4.78 is 16.8. The molecule has 0 radical (unpaired) electrons. The molecule has 74 heavy (non-hydrogen) atoms. The zero-order valence-electron chi connectivity index (χ0n) is 47.3. The van der Waals surface area contributed by atoms with Crippen molar-refractivity contribution in [2.24, 2.45) is 0 Å². The summed E-state index contributed by atoms with van der Waals surface area (Å²) in [6.45, 7) is 6.29. The van der Waals surface area contributed by atoms with Gasteiger partial charge in [0.2, 0.25) is 0 Å². The lowest BCUT2D eigenvalue weighted by molar-refractivity contribution is -0.167. The highest BCUT2D eigenvalue weighted by atomic mass is 16.6. The molecular formula is C68H106O6. The molecule has 0 aliphatic heterocycles. The molecule has 0 aliphatic carbocycles. The lowest BCUT2D eigenvalue weighted by Crippen LogP contribution is -2.30. The second-order valence-electron chi connectivity index (χ2n) is 18.8. The van der Waals surface area contributed by atoms with E-state index in [2.05, 4.69) is 179 Å². The quantitative estimate of drug-likeness (QED) is 0.0261. The normalized spacial score (nSPS) is 13.3. The van der Waals surface area contributed by atoms with Gasteiger partial charge in [0.25, 0.3) is 0 Å². The van der Waals surface area contributed by atoms with E-state index in [0.29, 0.717) is 12.8 Å². The molecule has 0 amide bonds. The smallest absolute Gasteiger partial charge is 0.306 e. The predicted molar refractivity (Wildman–Crippen MR) is 320 cm³/mol. The lowest BCUT2D eigenvalue weighted by Gasteiger charge is -2.18. The van der Waals surface area contributed by atoms with E-state index in [4.69, 9.17) is 14.2 Å². The second-order valence-corrected chi connectivity index (χ2v) is 18.8. The largest absolute Gasteiger partial charge is 0.462 e. The van der Waals surface area contributed by atoms with Crippen molar-refractivity contribution in [3.8, 4) is 0 Å². The van der Waals surface area contributed by atoms with Crippen molar-refractivity contribution in [2.75, 3.05) is 13.2 Å². The van der Waals surface area contributed by atoms with Gasteiger partial charge in [0, 0.05) is 19.3 Å². The topological polar surface area (TPSA) is 78.9 Å². The zero-order valence-corrected chi connectivity index (χ0v) is 47.3. The molecule has 0 heterocycles. The molecule has 0 bridgehead atoms. The van der Waals surface area contributed by atoms with Gasteiger partial charge in [-0.15, -0.1) is 0 Å². The number of hydrogen-bond donors (Lipinski definition) is 0. The molecule has 6 heteroatoms. The highest BCUT2D eigenvalue weighted by Gasteiger charge is 2.19. The monoisotopic (exact) mass is 1020 g/mol. The molecule has 0 aliphatic rings. The first-order valence-electron chi connectivity index (χ1n) is 29.5. The predicted octanol–water partition coefficient (Wildman–Crippen LogP) is 20.1. The summed E-state index contributed by atoms with van der Waals surface area (Å²) in [4.78, 5) is 38.2. The van der Waals surface area contributed by atoms with E-state index in [9.17, 15) is 14.4 Å². The molecule has 6 nitrogen and oxygen atoms in total. The molecule has 0 aromatic heterocycles. The maximum atomic E-state index is 12.9. The molecule has 1 unspecified atom stereocenters. The average molecular weight is 1020 g/mol. The SMILES string of the molecule is CC/C=C\C/C=C\C/C=C\C/C=C\C/C=C\C/C=C\CCCCC(=O)OCC(COC(=O)CCC/C=C\C/C=C\C/C=C\C/C=C\C/C=C\CC)OC(=O)CCCCCCCCC/C=C\C/C=C\CCCCCC. The first-order chi connectivity index (χ1) is 36.5. The second kappa shape index (κ2) is 60.6. The average Bonchev–Trinajstić information content (AvgIpc) is 3.40. The summed E-state index contributed by atoms with van der Waals surface area (Å²) in [5.41, 5.74) is 0. The Bertz CT molecular complexity index is 1690. The van der Waals surface area contributed by atoms with Crippen LogP contribution in [0.15, 0.2) is 158 Å².